The molecule has 0 aliphatic rings. The number of carbonyl (C=O) groups is 1. The first-order chi connectivity index (χ1) is 8.19. The first-order valence-corrected chi connectivity index (χ1v) is 6.36. The summed E-state index contributed by atoms with van der Waals surface area (Å²) in [5.74, 6) is -0.144. The standard InChI is InChI=1S/C12H16FNO2S/c1-3-14-10(12(15)16-2)8-17-11-7-5-4-6-9(11)13/h4-7,10,14H,3,8H2,1-2H3. The second-order valence-electron chi connectivity index (χ2n) is 3.37. The van der Waals surface area contributed by atoms with Gasteiger partial charge >= 0.3 is 5.97 Å². The summed E-state index contributed by atoms with van der Waals surface area (Å²) in [4.78, 5) is 12.0. The zero-order valence-corrected chi connectivity index (χ0v) is 10.7. The van der Waals surface area contributed by atoms with Gasteiger partial charge in [0.15, 0.2) is 0 Å². The molecule has 1 aromatic carbocycles. The Balaban J connectivity index is 2.57. The van der Waals surface area contributed by atoms with E-state index in [-0.39, 0.29) is 11.8 Å². The molecule has 0 heterocycles. The highest BCUT2D eigenvalue weighted by Crippen LogP contribution is 2.21. The molecule has 1 rings (SSSR count). The Kier molecular flexibility index (Phi) is 6.00. The summed E-state index contributed by atoms with van der Waals surface area (Å²) < 4.78 is 18.0. The lowest BCUT2D eigenvalue weighted by Gasteiger charge is -2.14. The van der Waals surface area contributed by atoms with Crippen molar-refractivity contribution in [1.82, 2.24) is 5.32 Å². The first-order valence-electron chi connectivity index (χ1n) is 5.37. The third-order valence-electron chi connectivity index (χ3n) is 2.18. The molecule has 0 aliphatic carbocycles. The van der Waals surface area contributed by atoms with Crippen LogP contribution in [-0.4, -0.2) is 31.4 Å². The summed E-state index contributed by atoms with van der Waals surface area (Å²) in [5, 5.41) is 3.01. The molecular weight excluding hydrogens is 241 g/mol. The number of likely N-dealkylation sites (N-methyl/N-ethyl adjacent to an activating group) is 1. The summed E-state index contributed by atoms with van der Waals surface area (Å²) in [6.07, 6.45) is 0. The maximum atomic E-state index is 13.4. The lowest BCUT2D eigenvalue weighted by atomic mass is 10.3. The van der Waals surface area contributed by atoms with Gasteiger partial charge in [-0.1, -0.05) is 19.1 Å². The fourth-order valence-electron chi connectivity index (χ4n) is 1.33. The van der Waals surface area contributed by atoms with Crippen LogP contribution < -0.4 is 5.32 Å². The number of carbonyl (C=O) groups excluding carboxylic acids is 1. The molecule has 5 heteroatoms. The van der Waals surface area contributed by atoms with E-state index in [4.69, 9.17) is 0 Å². The molecule has 0 radical (unpaired) electrons. The van der Waals surface area contributed by atoms with Crippen molar-refractivity contribution in [3.63, 3.8) is 0 Å². The van der Waals surface area contributed by atoms with Crippen LogP contribution >= 0.6 is 11.8 Å². The third kappa shape index (κ3) is 4.36. The van der Waals surface area contributed by atoms with Crippen LogP contribution in [0.1, 0.15) is 6.92 Å². The van der Waals surface area contributed by atoms with Crippen LogP contribution in [0, 0.1) is 5.82 Å². The minimum atomic E-state index is -0.408. The van der Waals surface area contributed by atoms with Gasteiger partial charge in [0.2, 0.25) is 0 Å². The van der Waals surface area contributed by atoms with Gasteiger partial charge in [-0.15, -0.1) is 11.8 Å². The van der Waals surface area contributed by atoms with Crippen molar-refractivity contribution in [2.24, 2.45) is 0 Å². The van der Waals surface area contributed by atoms with Crippen molar-refractivity contribution in [3.05, 3.63) is 30.1 Å². The summed E-state index contributed by atoms with van der Waals surface area (Å²) in [7, 11) is 1.35. The van der Waals surface area contributed by atoms with E-state index in [2.05, 4.69) is 10.1 Å². The van der Waals surface area contributed by atoms with E-state index < -0.39 is 6.04 Å². The zero-order valence-electron chi connectivity index (χ0n) is 9.90. The molecule has 1 atom stereocenters. The second kappa shape index (κ2) is 7.29. The van der Waals surface area contributed by atoms with Gasteiger partial charge < -0.3 is 10.1 Å². The maximum Gasteiger partial charge on any atom is 0.323 e. The van der Waals surface area contributed by atoms with Gasteiger partial charge in [-0.3, -0.25) is 4.79 Å². The number of benzene rings is 1. The lowest BCUT2D eigenvalue weighted by molar-refractivity contribution is -0.142. The van der Waals surface area contributed by atoms with Gasteiger partial charge in [0.1, 0.15) is 11.9 Å². The topological polar surface area (TPSA) is 38.3 Å². The number of rotatable bonds is 6. The normalized spacial score (nSPS) is 12.2. The van der Waals surface area contributed by atoms with E-state index in [1.165, 1.54) is 24.9 Å². The fourth-order valence-corrected chi connectivity index (χ4v) is 2.31. The maximum absolute atomic E-state index is 13.4. The zero-order chi connectivity index (χ0) is 12.7. The average Bonchev–Trinajstić information content (AvgIpc) is 2.35. The van der Waals surface area contributed by atoms with E-state index >= 15 is 0 Å². The number of hydrogen-bond acceptors (Lipinski definition) is 4. The third-order valence-corrected chi connectivity index (χ3v) is 3.32. The average molecular weight is 257 g/mol. The predicted molar refractivity (Wildman–Crippen MR) is 66.6 cm³/mol. The summed E-state index contributed by atoms with van der Waals surface area (Å²) in [6, 6.07) is 6.10. The molecule has 0 amide bonds. The van der Waals surface area contributed by atoms with Crippen molar-refractivity contribution >= 4 is 17.7 Å². The van der Waals surface area contributed by atoms with Crippen molar-refractivity contribution in [2.45, 2.75) is 17.9 Å². The molecule has 0 aromatic heterocycles. The molecule has 17 heavy (non-hydrogen) atoms. The number of hydrogen-bond donors (Lipinski definition) is 1. The van der Waals surface area contributed by atoms with Crippen molar-refractivity contribution in [1.29, 1.82) is 0 Å². The number of thioether (sulfide) groups is 1. The Morgan fingerprint density at radius 3 is 2.82 bits per heavy atom. The van der Waals surface area contributed by atoms with Crippen LogP contribution in [0.5, 0.6) is 0 Å². The molecule has 0 saturated heterocycles. The summed E-state index contributed by atoms with van der Waals surface area (Å²) >= 11 is 1.30. The highest BCUT2D eigenvalue weighted by Gasteiger charge is 2.18. The number of halogens is 1. The quantitative estimate of drug-likeness (QED) is 0.625. The fraction of sp³-hybridized carbons (Fsp3) is 0.417. The van der Waals surface area contributed by atoms with Gasteiger partial charge in [0, 0.05) is 10.6 Å². The van der Waals surface area contributed by atoms with Crippen molar-refractivity contribution in [2.75, 3.05) is 19.4 Å². The molecule has 94 valence electrons. The second-order valence-corrected chi connectivity index (χ2v) is 4.44. The number of ether oxygens (including phenoxy) is 1. The molecule has 0 saturated carbocycles. The molecule has 0 spiro atoms. The molecule has 3 nitrogen and oxygen atoms in total. The van der Waals surface area contributed by atoms with Crippen LogP contribution in [-0.2, 0) is 9.53 Å². The smallest absolute Gasteiger partial charge is 0.323 e. The van der Waals surface area contributed by atoms with Crippen LogP contribution in [0.4, 0.5) is 4.39 Å². The van der Waals surface area contributed by atoms with Crippen molar-refractivity contribution < 1.29 is 13.9 Å². The molecule has 0 bridgehead atoms. The lowest BCUT2D eigenvalue weighted by Crippen LogP contribution is -2.39. The van der Waals surface area contributed by atoms with Crippen molar-refractivity contribution in [3.8, 4) is 0 Å². The molecule has 0 aliphatic heterocycles. The van der Waals surface area contributed by atoms with E-state index in [0.29, 0.717) is 17.2 Å². The van der Waals surface area contributed by atoms with Gasteiger partial charge in [0.05, 0.1) is 7.11 Å². The predicted octanol–water partition coefficient (Wildman–Crippen LogP) is 2.07. The molecule has 0 fully saturated rings. The van der Waals surface area contributed by atoms with Gasteiger partial charge in [-0.25, -0.2) is 4.39 Å². The first kappa shape index (κ1) is 14.0. The molecule has 1 aromatic rings. The number of esters is 1. The monoisotopic (exact) mass is 257 g/mol. The minimum absolute atomic E-state index is 0.266. The van der Waals surface area contributed by atoms with Gasteiger partial charge in [0.25, 0.3) is 0 Å². The number of methoxy groups -OCH3 is 1. The van der Waals surface area contributed by atoms with E-state index in [9.17, 15) is 9.18 Å². The highest BCUT2D eigenvalue weighted by atomic mass is 32.2. The van der Waals surface area contributed by atoms with E-state index in [1.807, 2.05) is 6.92 Å². The Hall–Kier alpha value is -1.07. The minimum Gasteiger partial charge on any atom is -0.468 e. The van der Waals surface area contributed by atoms with Gasteiger partial charge in [-0.05, 0) is 18.7 Å². The summed E-state index contributed by atoms with van der Waals surface area (Å²) in [5.41, 5.74) is 0. The summed E-state index contributed by atoms with van der Waals surface area (Å²) in [6.45, 7) is 2.57. The Bertz CT molecular complexity index is 373. The largest absolute Gasteiger partial charge is 0.468 e. The van der Waals surface area contributed by atoms with E-state index in [1.54, 1.807) is 18.2 Å². The Morgan fingerprint density at radius 1 is 1.53 bits per heavy atom. The van der Waals surface area contributed by atoms with Crippen LogP contribution in [0.15, 0.2) is 29.2 Å². The Morgan fingerprint density at radius 2 is 2.24 bits per heavy atom. The highest BCUT2D eigenvalue weighted by molar-refractivity contribution is 7.99. The SMILES string of the molecule is CCNC(CSc1ccccc1F)C(=O)OC. The molecule has 1 N–H and O–H groups in total. The molecular formula is C12H16FNO2S. The number of nitrogens with one attached hydrogen (secondary N) is 1. The van der Waals surface area contributed by atoms with Crippen LogP contribution in [0.2, 0.25) is 0 Å². The van der Waals surface area contributed by atoms with E-state index in [0.717, 1.165) is 0 Å². The Labute approximate surface area is 105 Å². The van der Waals surface area contributed by atoms with Crippen LogP contribution in [0.25, 0.3) is 0 Å². The van der Waals surface area contributed by atoms with Gasteiger partial charge in [-0.2, -0.15) is 0 Å². The van der Waals surface area contributed by atoms with Crippen LogP contribution in [0.3, 0.4) is 0 Å². The molecule has 1 unspecified atom stereocenters.